The van der Waals surface area contributed by atoms with Crippen molar-refractivity contribution in [1.29, 1.82) is 0 Å². The smallest absolute Gasteiger partial charge is 0.407 e. The molecular formula is C46H50N8O7. The molecule has 4 aromatic carbocycles. The fourth-order valence-electron chi connectivity index (χ4n) is 8.75. The third-order valence-electron chi connectivity index (χ3n) is 12.2. The van der Waals surface area contributed by atoms with Gasteiger partial charge in [-0.05, 0) is 65.3 Å². The van der Waals surface area contributed by atoms with Crippen LogP contribution in [0.15, 0.2) is 103 Å². The first-order valence-electron chi connectivity index (χ1n) is 20.6. The van der Waals surface area contributed by atoms with Crippen molar-refractivity contribution in [1.82, 2.24) is 35.2 Å². The van der Waals surface area contributed by atoms with Crippen LogP contribution in [0.4, 0.5) is 9.59 Å². The quantitative estimate of drug-likeness (QED) is 0.0534. The number of carboxylic acid groups (broad SMARTS) is 1. The van der Waals surface area contributed by atoms with E-state index in [9.17, 15) is 29.8 Å². The van der Waals surface area contributed by atoms with Crippen LogP contribution in [0.2, 0.25) is 0 Å². The maximum atomic E-state index is 13.6. The second kappa shape index (κ2) is 16.9. The highest BCUT2D eigenvalue weighted by atomic mass is 16.7. The summed E-state index contributed by atoms with van der Waals surface area (Å²) in [6.07, 6.45) is 2.09. The van der Waals surface area contributed by atoms with Crippen LogP contribution in [-0.2, 0) is 9.53 Å². The SMILES string of the molecule is COC(=O)NC(C(=O)N1C[C@@H](O)C[C@H]1c1ncc(-c2ccc3cc(-c4ccc(-c5cnc(C6CCCN6[N+](O)(C(=O)[O-])C(C)c6ccccc6)[nH]5)cc4)ccc3c2)[nH]1)C(C)C. The zero-order chi connectivity index (χ0) is 43.0. The van der Waals surface area contributed by atoms with Crippen molar-refractivity contribution < 1.29 is 39.3 Å². The first kappa shape index (κ1) is 41.3. The lowest BCUT2D eigenvalue weighted by atomic mass is 9.98. The van der Waals surface area contributed by atoms with Gasteiger partial charge < -0.3 is 39.9 Å². The van der Waals surface area contributed by atoms with Gasteiger partial charge in [0, 0.05) is 24.1 Å². The average Bonchev–Trinajstić information content (AvgIpc) is 4.12. The lowest BCUT2D eigenvalue weighted by Crippen LogP contribution is -2.66. The maximum absolute atomic E-state index is 13.6. The second-order valence-electron chi connectivity index (χ2n) is 16.3. The van der Waals surface area contributed by atoms with Gasteiger partial charge in [0.25, 0.3) is 0 Å². The molecular weight excluding hydrogens is 777 g/mol. The van der Waals surface area contributed by atoms with E-state index < -0.39 is 47.2 Å². The Labute approximate surface area is 353 Å². The first-order valence-corrected chi connectivity index (χ1v) is 20.6. The predicted molar refractivity (Wildman–Crippen MR) is 225 cm³/mol. The number of benzene rings is 4. The largest absolute Gasteiger partial charge is 0.494 e. The molecule has 2 saturated heterocycles. The molecule has 6 aromatic rings. The predicted octanol–water partition coefficient (Wildman–Crippen LogP) is 6.66. The summed E-state index contributed by atoms with van der Waals surface area (Å²) < 4.78 is 3.37. The van der Waals surface area contributed by atoms with Gasteiger partial charge in [-0.3, -0.25) is 4.79 Å². The van der Waals surface area contributed by atoms with Gasteiger partial charge in [-0.1, -0.05) is 97.5 Å². The van der Waals surface area contributed by atoms with Crippen LogP contribution in [-0.4, -0.2) is 95.4 Å². The standard InChI is InChI=1S/C46H50N8O7/c1-27(2)41(51-45(57)61-4)44(56)52-26-36(55)23-40(52)43-48-25-38(50-43)35-19-18-33-21-32(16-17-34(33)22-35)30-12-14-31(15-13-30)37-24-47-42(49-37)39-11-8-20-53(39)54(60,46(58)59)28(3)29-9-6-5-7-10-29/h5-7,9-10,12-19,21-22,24-25,27-28,36,39-41,55,60H,8,11,20,23,26H2,1-4H3,(H3-,47,48,49,50,51,57,58,59)/t28?,36-,39?,40-,41?,54?/m0/s1. The summed E-state index contributed by atoms with van der Waals surface area (Å²) >= 11 is 0. The molecule has 8 rings (SSSR count). The first-order chi connectivity index (χ1) is 29.3. The Morgan fingerprint density at radius 1 is 0.836 bits per heavy atom. The van der Waals surface area contributed by atoms with Gasteiger partial charge in [0.1, 0.15) is 23.7 Å². The number of methoxy groups -OCH3 is 1. The molecule has 2 aromatic heterocycles. The Morgan fingerprint density at radius 2 is 1.43 bits per heavy atom. The number of H-pyrrole nitrogens is 2. The van der Waals surface area contributed by atoms with E-state index in [2.05, 4.69) is 67.7 Å². The third kappa shape index (κ3) is 8.00. The number of hydroxylamine groups is 2. The van der Waals surface area contributed by atoms with Crippen molar-refractivity contribution in [3.8, 4) is 33.6 Å². The number of imidazole rings is 2. The molecule has 2 fully saturated rings. The zero-order valence-corrected chi connectivity index (χ0v) is 34.5. The molecule has 61 heavy (non-hydrogen) atoms. The Balaban J connectivity index is 0.963. The van der Waals surface area contributed by atoms with Crippen molar-refractivity contribution >= 4 is 28.9 Å². The molecule has 0 saturated carbocycles. The van der Waals surface area contributed by atoms with E-state index in [4.69, 9.17) is 4.74 Å². The minimum Gasteiger partial charge on any atom is -0.494 e. The van der Waals surface area contributed by atoms with Gasteiger partial charge in [-0.2, -0.15) is 5.21 Å². The number of hydrogen-bond donors (Lipinski definition) is 5. The summed E-state index contributed by atoms with van der Waals surface area (Å²) in [5, 5.41) is 41.1. The van der Waals surface area contributed by atoms with Crippen LogP contribution in [0.1, 0.15) is 75.4 Å². The highest BCUT2D eigenvalue weighted by Crippen LogP contribution is 2.41. The van der Waals surface area contributed by atoms with Gasteiger partial charge in [0.05, 0.1) is 49.6 Å². The van der Waals surface area contributed by atoms with Crippen LogP contribution >= 0.6 is 0 Å². The van der Waals surface area contributed by atoms with Crippen LogP contribution in [0, 0.1) is 5.92 Å². The highest BCUT2D eigenvalue weighted by molar-refractivity contribution is 5.91. The third-order valence-corrected chi connectivity index (χ3v) is 12.2. The summed E-state index contributed by atoms with van der Waals surface area (Å²) in [4.78, 5) is 55.8. The average molecular weight is 827 g/mol. The zero-order valence-electron chi connectivity index (χ0n) is 34.5. The van der Waals surface area contributed by atoms with Crippen LogP contribution in [0.5, 0.6) is 0 Å². The summed E-state index contributed by atoms with van der Waals surface area (Å²) in [6.45, 7) is 5.86. The minimum absolute atomic E-state index is 0.130. The maximum Gasteiger partial charge on any atom is 0.407 e. The van der Waals surface area contributed by atoms with Gasteiger partial charge in [0.15, 0.2) is 6.04 Å². The van der Waals surface area contributed by atoms with Crippen LogP contribution < -0.4 is 10.4 Å². The van der Waals surface area contributed by atoms with Crippen molar-refractivity contribution in [2.24, 2.45) is 5.92 Å². The van der Waals surface area contributed by atoms with Crippen molar-refractivity contribution in [3.63, 3.8) is 0 Å². The molecule has 5 N–H and O–H groups in total. The van der Waals surface area contributed by atoms with Crippen LogP contribution in [0.25, 0.3) is 44.4 Å². The fourth-order valence-corrected chi connectivity index (χ4v) is 8.75. The number of rotatable bonds is 11. The van der Waals surface area contributed by atoms with Crippen LogP contribution in [0.3, 0.4) is 0 Å². The molecule has 2 aliphatic heterocycles. The fraction of sp³-hybridized carbons (Fsp3) is 0.326. The summed E-state index contributed by atoms with van der Waals surface area (Å²) in [6, 6.07) is 27.1. The number of ether oxygens (including phenoxy) is 1. The van der Waals surface area contributed by atoms with E-state index in [1.807, 2.05) is 50.2 Å². The number of β-amino-alcohol motifs (C(OH)–C–C–N with tert-alkyl or cyclic N) is 1. The number of aromatic amines is 2. The monoisotopic (exact) mass is 826 g/mol. The Hall–Kier alpha value is -6.39. The number of nitrogens with one attached hydrogen (secondary N) is 3. The van der Waals surface area contributed by atoms with E-state index in [0.717, 1.165) is 44.4 Å². The number of carbonyl (C=O) groups is 3. The summed E-state index contributed by atoms with van der Waals surface area (Å²) in [5.41, 5.74) is 6.13. The number of hydrogen-bond acceptors (Lipinski definition) is 10. The Kier molecular flexibility index (Phi) is 11.5. The number of fused-ring (bicyclic) bond motifs is 1. The van der Waals surface area contributed by atoms with Gasteiger partial charge in [0.2, 0.25) is 5.91 Å². The van der Waals surface area contributed by atoms with Gasteiger partial charge in [-0.15, -0.1) is 5.01 Å². The molecule has 316 valence electrons. The second-order valence-corrected chi connectivity index (χ2v) is 16.3. The number of carbonyl (C=O) groups excluding carboxylic acids is 3. The number of aliphatic hydroxyl groups excluding tert-OH is 1. The molecule has 0 aliphatic carbocycles. The normalized spacial score (nSPS) is 20.1. The summed E-state index contributed by atoms with van der Waals surface area (Å²) in [5.74, 6) is 0.626. The molecule has 2 aliphatic rings. The number of likely N-dealkylation sites (tertiary alicyclic amines) is 1. The summed E-state index contributed by atoms with van der Waals surface area (Å²) in [7, 11) is 1.25. The number of amides is 3. The van der Waals surface area contributed by atoms with E-state index in [-0.39, 0.29) is 18.4 Å². The molecule has 0 spiro atoms. The van der Waals surface area contributed by atoms with Crippen molar-refractivity contribution in [3.05, 3.63) is 121 Å². The number of quaternary nitrogens is 1. The van der Waals surface area contributed by atoms with Gasteiger partial charge in [-0.25, -0.2) is 14.8 Å². The van der Waals surface area contributed by atoms with E-state index in [0.29, 0.717) is 43.0 Å². The lowest BCUT2D eigenvalue weighted by molar-refractivity contribution is -1.16. The van der Waals surface area contributed by atoms with E-state index in [1.54, 1.807) is 41.4 Å². The van der Waals surface area contributed by atoms with Crippen molar-refractivity contribution in [2.75, 3.05) is 20.2 Å². The molecule has 0 bridgehead atoms. The number of nitrogens with zero attached hydrogens (tertiary/aromatic N) is 5. The topological polar surface area (TPSA) is 200 Å². The number of aliphatic hydroxyl groups is 1. The number of aromatic nitrogens is 4. The Morgan fingerprint density at radius 3 is 2.07 bits per heavy atom. The van der Waals surface area contributed by atoms with E-state index in [1.165, 1.54) is 7.11 Å². The minimum atomic E-state index is -1.59. The lowest BCUT2D eigenvalue weighted by Gasteiger charge is -2.42. The van der Waals surface area contributed by atoms with Crippen molar-refractivity contribution in [2.45, 2.75) is 70.3 Å². The van der Waals surface area contributed by atoms with Gasteiger partial charge >= 0.3 is 12.2 Å². The highest BCUT2D eigenvalue weighted by Gasteiger charge is 2.50. The number of alkyl carbamates (subject to hydrolysis) is 1. The molecule has 15 heteroatoms. The van der Waals surface area contributed by atoms with E-state index >= 15 is 0 Å². The molecule has 4 unspecified atom stereocenters. The Bertz CT molecular complexity index is 2540. The molecule has 15 nitrogen and oxygen atoms in total. The molecule has 4 heterocycles. The molecule has 3 amide bonds. The molecule has 6 atom stereocenters. The molecule has 0 radical (unpaired) electrons.